The average Bonchev–Trinajstić information content (AvgIpc) is 2.95. The Morgan fingerprint density at radius 3 is 2.24 bits per heavy atom. The van der Waals surface area contributed by atoms with Crippen molar-refractivity contribution in [2.75, 3.05) is 20.6 Å². The zero-order chi connectivity index (χ0) is 15.6. The van der Waals surface area contributed by atoms with Crippen LogP contribution >= 0.6 is 0 Å². The van der Waals surface area contributed by atoms with Crippen molar-refractivity contribution < 1.29 is 19.5 Å². The highest BCUT2D eigenvalue weighted by molar-refractivity contribution is 5.99. The number of amides is 2. The Morgan fingerprint density at radius 1 is 1.14 bits per heavy atom. The summed E-state index contributed by atoms with van der Waals surface area (Å²) in [5.41, 5.74) is 0.895. The van der Waals surface area contributed by atoms with Crippen LogP contribution in [0.4, 0.5) is 0 Å². The molecule has 0 bridgehead atoms. The van der Waals surface area contributed by atoms with Crippen LogP contribution in [0.5, 0.6) is 0 Å². The number of aliphatic carboxylic acids is 1. The second kappa shape index (κ2) is 5.95. The number of rotatable bonds is 3. The van der Waals surface area contributed by atoms with Crippen LogP contribution in [0.3, 0.4) is 0 Å². The van der Waals surface area contributed by atoms with Gasteiger partial charge < -0.3 is 14.9 Å². The van der Waals surface area contributed by atoms with Crippen LogP contribution in [0.15, 0.2) is 24.3 Å². The Balaban J connectivity index is 2.17. The van der Waals surface area contributed by atoms with Crippen LogP contribution in [0.25, 0.3) is 0 Å². The van der Waals surface area contributed by atoms with Crippen molar-refractivity contribution in [3.8, 4) is 0 Å². The Morgan fingerprint density at radius 2 is 1.71 bits per heavy atom. The molecule has 2 rings (SSSR count). The van der Waals surface area contributed by atoms with E-state index in [9.17, 15) is 14.4 Å². The standard InChI is InChI=1S/C15H18N2O4/c1-16(2)13(18)10-5-7-11(8-6-10)14(19)17-9-3-4-12(17)15(20)21/h5-8,12H,3-4,9H2,1-2H3,(H,20,21)/t12-/m1/s1. The predicted molar refractivity (Wildman–Crippen MR) is 76.2 cm³/mol. The number of carboxylic acid groups (broad SMARTS) is 1. The molecule has 1 atom stereocenters. The molecule has 1 aliphatic rings. The predicted octanol–water partition coefficient (Wildman–Crippen LogP) is 1.08. The summed E-state index contributed by atoms with van der Waals surface area (Å²) in [7, 11) is 3.31. The molecular formula is C15H18N2O4. The summed E-state index contributed by atoms with van der Waals surface area (Å²) in [6.45, 7) is 0.453. The molecule has 1 aromatic rings. The van der Waals surface area contributed by atoms with Crippen molar-refractivity contribution in [3.63, 3.8) is 0 Å². The van der Waals surface area contributed by atoms with Crippen molar-refractivity contribution in [1.82, 2.24) is 9.80 Å². The third-order valence-corrected chi connectivity index (χ3v) is 3.58. The van der Waals surface area contributed by atoms with Crippen LogP contribution in [0.1, 0.15) is 33.6 Å². The number of benzene rings is 1. The summed E-state index contributed by atoms with van der Waals surface area (Å²) in [5.74, 6) is -1.41. The third kappa shape index (κ3) is 3.04. The maximum atomic E-state index is 12.3. The van der Waals surface area contributed by atoms with E-state index in [0.717, 1.165) is 0 Å². The molecule has 1 fully saturated rings. The van der Waals surface area contributed by atoms with Gasteiger partial charge in [-0.3, -0.25) is 9.59 Å². The van der Waals surface area contributed by atoms with E-state index in [1.807, 2.05) is 0 Å². The molecule has 1 N–H and O–H groups in total. The van der Waals surface area contributed by atoms with E-state index < -0.39 is 12.0 Å². The van der Waals surface area contributed by atoms with Gasteiger partial charge in [0.2, 0.25) is 0 Å². The lowest BCUT2D eigenvalue weighted by Gasteiger charge is -2.21. The van der Waals surface area contributed by atoms with Crippen LogP contribution in [-0.4, -0.2) is 59.4 Å². The van der Waals surface area contributed by atoms with Crippen molar-refractivity contribution >= 4 is 17.8 Å². The van der Waals surface area contributed by atoms with Gasteiger partial charge in [0.05, 0.1) is 0 Å². The summed E-state index contributed by atoms with van der Waals surface area (Å²) in [5, 5.41) is 9.11. The molecule has 0 saturated carbocycles. The lowest BCUT2D eigenvalue weighted by atomic mass is 10.1. The molecule has 1 saturated heterocycles. The Kier molecular flexibility index (Phi) is 4.26. The molecule has 0 spiro atoms. The van der Waals surface area contributed by atoms with Gasteiger partial charge in [0.1, 0.15) is 6.04 Å². The zero-order valence-corrected chi connectivity index (χ0v) is 12.1. The molecule has 0 unspecified atom stereocenters. The lowest BCUT2D eigenvalue weighted by molar-refractivity contribution is -0.141. The first-order chi connectivity index (χ1) is 9.91. The van der Waals surface area contributed by atoms with Gasteiger partial charge in [-0.1, -0.05) is 0 Å². The van der Waals surface area contributed by atoms with E-state index in [-0.39, 0.29) is 11.8 Å². The number of carbonyl (C=O) groups is 3. The SMILES string of the molecule is CN(C)C(=O)c1ccc(C(=O)N2CCC[C@@H]2C(=O)O)cc1. The largest absolute Gasteiger partial charge is 0.480 e. The smallest absolute Gasteiger partial charge is 0.326 e. The Hall–Kier alpha value is -2.37. The minimum absolute atomic E-state index is 0.140. The second-order valence-electron chi connectivity index (χ2n) is 5.27. The van der Waals surface area contributed by atoms with Gasteiger partial charge in [0, 0.05) is 31.8 Å². The number of carboxylic acids is 1. The molecule has 1 aliphatic heterocycles. The summed E-state index contributed by atoms with van der Waals surface area (Å²) in [4.78, 5) is 38.1. The first kappa shape index (κ1) is 15.0. The molecule has 21 heavy (non-hydrogen) atoms. The van der Waals surface area contributed by atoms with Gasteiger partial charge in [-0.2, -0.15) is 0 Å². The maximum Gasteiger partial charge on any atom is 0.326 e. The number of hydrogen-bond donors (Lipinski definition) is 1. The van der Waals surface area contributed by atoms with E-state index in [1.165, 1.54) is 9.80 Å². The minimum Gasteiger partial charge on any atom is -0.480 e. The normalized spacial score (nSPS) is 17.6. The number of nitrogens with zero attached hydrogens (tertiary/aromatic N) is 2. The second-order valence-corrected chi connectivity index (χ2v) is 5.27. The van der Waals surface area contributed by atoms with E-state index in [4.69, 9.17) is 5.11 Å². The molecular weight excluding hydrogens is 272 g/mol. The number of likely N-dealkylation sites (tertiary alicyclic amines) is 1. The molecule has 2 amide bonds. The molecule has 112 valence electrons. The molecule has 1 aromatic carbocycles. The molecule has 6 nitrogen and oxygen atoms in total. The van der Waals surface area contributed by atoms with E-state index in [0.29, 0.717) is 30.5 Å². The topological polar surface area (TPSA) is 77.9 Å². The number of carbonyl (C=O) groups excluding carboxylic acids is 2. The van der Waals surface area contributed by atoms with Crippen LogP contribution < -0.4 is 0 Å². The molecule has 1 heterocycles. The lowest BCUT2D eigenvalue weighted by Crippen LogP contribution is -2.40. The van der Waals surface area contributed by atoms with Crippen molar-refractivity contribution in [1.29, 1.82) is 0 Å². The fourth-order valence-corrected chi connectivity index (χ4v) is 2.45. The summed E-state index contributed by atoms with van der Waals surface area (Å²) in [6.07, 6.45) is 1.18. The molecule has 0 aliphatic carbocycles. The fraction of sp³-hybridized carbons (Fsp3) is 0.400. The average molecular weight is 290 g/mol. The van der Waals surface area contributed by atoms with Gasteiger partial charge in [0.25, 0.3) is 11.8 Å². The Bertz CT molecular complexity index is 566. The van der Waals surface area contributed by atoms with E-state index in [2.05, 4.69) is 0 Å². The fourth-order valence-electron chi connectivity index (χ4n) is 2.45. The van der Waals surface area contributed by atoms with Gasteiger partial charge in [-0.15, -0.1) is 0 Å². The van der Waals surface area contributed by atoms with Crippen molar-refractivity contribution in [2.24, 2.45) is 0 Å². The first-order valence-corrected chi connectivity index (χ1v) is 6.77. The van der Waals surface area contributed by atoms with Crippen molar-refractivity contribution in [2.45, 2.75) is 18.9 Å². The van der Waals surface area contributed by atoms with Crippen LogP contribution in [0.2, 0.25) is 0 Å². The van der Waals surface area contributed by atoms with Crippen LogP contribution in [-0.2, 0) is 4.79 Å². The highest BCUT2D eigenvalue weighted by atomic mass is 16.4. The van der Waals surface area contributed by atoms with Gasteiger partial charge in [-0.25, -0.2) is 4.79 Å². The van der Waals surface area contributed by atoms with Gasteiger partial charge >= 0.3 is 5.97 Å². The summed E-state index contributed by atoms with van der Waals surface area (Å²) >= 11 is 0. The van der Waals surface area contributed by atoms with E-state index in [1.54, 1.807) is 38.4 Å². The molecule has 0 aromatic heterocycles. The highest BCUT2D eigenvalue weighted by Crippen LogP contribution is 2.20. The molecule has 6 heteroatoms. The first-order valence-electron chi connectivity index (χ1n) is 6.77. The monoisotopic (exact) mass is 290 g/mol. The van der Waals surface area contributed by atoms with Crippen molar-refractivity contribution in [3.05, 3.63) is 35.4 Å². The molecule has 0 radical (unpaired) electrons. The maximum absolute atomic E-state index is 12.3. The van der Waals surface area contributed by atoms with Gasteiger partial charge in [0.15, 0.2) is 0 Å². The van der Waals surface area contributed by atoms with Gasteiger partial charge in [-0.05, 0) is 37.1 Å². The number of hydrogen-bond acceptors (Lipinski definition) is 3. The Labute approximate surface area is 123 Å². The third-order valence-electron chi connectivity index (χ3n) is 3.58. The highest BCUT2D eigenvalue weighted by Gasteiger charge is 2.34. The minimum atomic E-state index is -0.972. The zero-order valence-electron chi connectivity index (χ0n) is 12.1. The quantitative estimate of drug-likeness (QED) is 0.903. The summed E-state index contributed by atoms with van der Waals surface area (Å²) < 4.78 is 0. The summed E-state index contributed by atoms with van der Waals surface area (Å²) in [6, 6.07) is 5.55. The van der Waals surface area contributed by atoms with Crippen LogP contribution in [0, 0.1) is 0 Å². The van der Waals surface area contributed by atoms with E-state index >= 15 is 0 Å².